The lowest BCUT2D eigenvalue weighted by Crippen LogP contribution is -2.17. The summed E-state index contributed by atoms with van der Waals surface area (Å²) >= 11 is 0. The van der Waals surface area contributed by atoms with Gasteiger partial charge in [0.25, 0.3) is 5.91 Å². The number of carboxylic acid groups (broad SMARTS) is 1. The predicted molar refractivity (Wildman–Crippen MR) is 70.8 cm³/mol. The average Bonchev–Trinajstić information content (AvgIpc) is 3.04. The van der Waals surface area contributed by atoms with Gasteiger partial charge >= 0.3 is 5.97 Å². The third kappa shape index (κ3) is 2.68. The normalized spacial score (nSPS) is 10.5. The molecule has 0 unspecified atom stereocenters. The Hall–Kier alpha value is -2.64. The van der Waals surface area contributed by atoms with Crippen LogP contribution < -0.4 is 5.32 Å². The zero-order valence-electron chi connectivity index (χ0n) is 11.2. The van der Waals surface area contributed by atoms with Crippen molar-refractivity contribution in [3.63, 3.8) is 0 Å². The third-order valence-corrected chi connectivity index (χ3v) is 2.77. The lowest BCUT2D eigenvalue weighted by Gasteiger charge is -2.03. The summed E-state index contributed by atoms with van der Waals surface area (Å²) in [5, 5.41) is 21.6. The Balaban J connectivity index is 2.18. The third-order valence-electron chi connectivity index (χ3n) is 2.77. The maximum atomic E-state index is 12.1. The molecule has 0 fully saturated rings. The highest BCUT2D eigenvalue weighted by Gasteiger charge is 2.16. The van der Waals surface area contributed by atoms with Gasteiger partial charge in [0.2, 0.25) is 0 Å². The number of amides is 1. The van der Waals surface area contributed by atoms with Crippen molar-refractivity contribution in [2.45, 2.75) is 26.8 Å². The van der Waals surface area contributed by atoms with Crippen molar-refractivity contribution in [3.05, 3.63) is 29.2 Å². The van der Waals surface area contributed by atoms with Crippen molar-refractivity contribution < 1.29 is 14.7 Å². The molecule has 2 aromatic rings. The van der Waals surface area contributed by atoms with Crippen molar-refractivity contribution in [1.82, 2.24) is 20.0 Å². The second kappa shape index (κ2) is 5.55. The summed E-state index contributed by atoms with van der Waals surface area (Å²) < 4.78 is 1.60. The molecule has 0 saturated heterocycles. The maximum Gasteiger partial charge on any atom is 0.353 e. The van der Waals surface area contributed by atoms with Gasteiger partial charge < -0.3 is 10.4 Å². The number of rotatable bonds is 5. The number of carboxylic acids is 1. The standard InChI is InChI=1S/C12H15N5O3/c1-3-7-5-9(17(4-2)16-7)11(18)13-10-6-8(12(19)20)14-15-10/h5-6H,3-4H2,1-2H3,(H,19,20)(H2,13,14,15,18). The minimum atomic E-state index is -1.13. The predicted octanol–water partition coefficient (Wildman–Crippen LogP) is 1.14. The molecule has 0 aliphatic rings. The number of aryl methyl sites for hydroxylation is 2. The topological polar surface area (TPSA) is 113 Å². The van der Waals surface area contributed by atoms with Crippen LogP contribution in [0.2, 0.25) is 0 Å². The van der Waals surface area contributed by atoms with Crippen LogP contribution in [0.4, 0.5) is 5.82 Å². The number of aromatic nitrogens is 4. The fourth-order valence-corrected chi connectivity index (χ4v) is 1.74. The lowest BCUT2D eigenvalue weighted by atomic mass is 10.3. The number of hydrogen-bond acceptors (Lipinski definition) is 4. The molecule has 0 aliphatic heterocycles. The van der Waals surface area contributed by atoms with Crippen molar-refractivity contribution in [3.8, 4) is 0 Å². The van der Waals surface area contributed by atoms with E-state index in [4.69, 9.17) is 5.11 Å². The largest absolute Gasteiger partial charge is 0.477 e. The molecule has 0 aromatic carbocycles. The number of hydrogen-bond donors (Lipinski definition) is 3. The molecule has 8 heteroatoms. The van der Waals surface area contributed by atoms with Gasteiger partial charge in [0.1, 0.15) is 11.4 Å². The molecule has 8 nitrogen and oxygen atoms in total. The SMILES string of the molecule is CCc1cc(C(=O)Nc2cc(C(=O)O)[nH]n2)n(CC)n1. The Bertz CT molecular complexity index is 643. The van der Waals surface area contributed by atoms with Crippen LogP contribution in [0.5, 0.6) is 0 Å². The van der Waals surface area contributed by atoms with Gasteiger partial charge in [0.15, 0.2) is 5.82 Å². The Labute approximate surface area is 114 Å². The van der Waals surface area contributed by atoms with E-state index in [2.05, 4.69) is 20.6 Å². The molecule has 0 atom stereocenters. The van der Waals surface area contributed by atoms with Crippen molar-refractivity contribution in [2.75, 3.05) is 5.32 Å². The van der Waals surface area contributed by atoms with Crippen LogP contribution in [0.1, 0.15) is 40.5 Å². The van der Waals surface area contributed by atoms with Gasteiger partial charge in [-0.25, -0.2) is 4.79 Å². The molecule has 0 radical (unpaired) electrons. The average molecular weight is 277 g/mol. The molecule has 3 N–H and O–H groups in total. The second-order valence-corrected chi connectivity index (χ2v) is 4.12. The second-order valence-electron chi connectivity index (χ2n) is 4.12. The molecule has 106 valence electrons. The van der Waals surface area contributed by atoms with E-state index >= 15 is 0 Å². The van der Waals surface area contributed by atoms with E-state index in [-0.39, 0.29) is 17.4 Å². The molecule has 20 heavy (non-hydrogen) atoms. The van der Waals surface area contributed by atoms with Crippen LogP contribution in [-0.2, 0) is 13.0 Å². The summed E-state index contributed by atoms with van der Waals surface area (Å²) in [4.78, 5) is 22.8. The molecular weight excluding hydrogens is 262 g/mol. The molecule has 2 rings (SSSR count). The van der Waals surface area contributed by atoms with Gasteiger partial charge in [-0.3, -0.25) is 14.6 Å². The minimum absolute atomic E-state index is 0.0847. The van der Waals surface area contributed by atoms with Gasteiger partial charge in [0, 0.05) is 12.6 Å². The highest BCUT2D eigenvalue weighted by Crippen LogP contribution is 2.10. The van der Waals surface area contributed by atoms with Crippen LogP contribution >= 0.6 is 0 Å². The first kappa shape index (κ1) is 13.8. The molecule has 2 heterocycles. The quantitative estimate of drug-likeness (QED) is 0.758. The summed E-state index contributed by atoms with van der Waals surface area (Å²) in [6.45, 7) is 4.42. The molecule has 1 amide bonds. The highest BCUT2D eigenvalue weighted by molar-refractivity contribution is 6.03. The highest BCUT2D eigenvalue weighted by atomic mass is 16.4. The van der Waals surface area contributed by atoms with Crippen LogP contribution in [0, 0.1) is 0 Å². The monoisotopic (exact) mass is 277 g/mol. The lowest BCUT2D eigenvalue weighted by molar-refractivity contribution is 0.0690. The molecule has 2 aromatic heterocycles. The van der Waals surface area contributed by atoms with Gasteiger partial charge in [-0.15, -0.1) is 0 Å². The Morgan fingerprint density at radius 1 is 1.40 bits per heavy atom. The molecule has 0 saturated carbocycles. The number of aromatic amines is 1. The van der Waals surface area contributed by atoms with Gasteiger partial charge in [0.05, 0.1) is 5.69 Å². The van der Waals surface area contributed by atoms with Crippen molar-refractivity contribution in [1.29, 1.82) is 0 Å². The molecular formula is C12H15N5O3. The summed E-state index contributed by atoms with van der Waals surface area (Å²) in [7, 11) is 0. The molecule has 0 spiro atoms. The van der Waals surface area contributed by atoms with Crippen LogP contribution in [0.25, 0.3) is 0 Å². The van der Waals surface area contributed by atoms with E-state index in [1.165, 1.54) is 6.07 Å². The number of nitrogens with one attached hydrogen (secondary N) is 2. The molecule has 0 aliphatic carbocycles. The smallest absolute Gasteiger partial charge is 0.353 e. The van der Waals surface area contributed by atoms with Gasteiger partial charge in [-0.2, -0.15) is 10.2 Å². The number of nitrogens with zero attached hydrogens (tertiary/aromatic N) is 3. The number of anilines is 1. The Kier molecular flexibility index (Phi) is 3.83. The Morgan fingerprint density at radius 3 is 2.70 bits per heavy atom. The summed E-state index contributed by atoms with van der Waals surface area (Å²) in [5.74, 6) is -1.35. The van der Waals surface area contributed by atoms with Gasteiger partial charge in [-0.05, 0) is 19.4 Å². The maximum absolute atomic E-state index is 12.1. The van der Waals surface area contributed by atoms with Gasteiger partial charge in [-0.1, -0.05) is 6.92 Å². The van der Waals surface area contributed by atoms with E-state index in [0.29, 0.717) is 12.2 Å². The molecule has 0 bridgehead atoms. The van der Waals surface area contributed by atoms with E-state index in [0.717, 1.165) is 12.1 Å². The summed E-state index contributed by atoms with van der Waals surface area (Å²) in [6.07, 6.45) is 0.735. The van der Waals surface area contributed by atoms with E-state index in [1.807, 2.05) is 13.8 Å². The Morgan fingerprint density at radius 2 is 2.15 bits per heavy atom. The van der Waals surface area contributed by atoms with E-state index < -0.39 is 5.97 Å². The van der Waals surface area contributed by atoms with E-state index in [1.54, 1.807) is 10.7 Å². The first-order chi connectivity index (χ1) is 9.55. The van der Waals surface area contributed by atoms with Crippen LogP contribution in [-0.4, -0.2) is 37.0 Å². The number of aromatic carboxylic acids is 1. The number of carbonyl (C=O) groups excluding carboxylic acids is 1. The fourth-order valence-electron chi connectivity index (χ4n) is 1.74. The summed E-state index contributed by atoms with van der Waals surface area (Å²) in [5.41, 5.74) is 1.16. The zero-order chi connectivity index (χ0) is 14.7. The summed E-state index contributed by atoms with van der Waals surface area (Å²) in [6, 6.07) is 2.97. The van der Waals surface area contributed by atoms with Crippen LogP contribution in [0.15, 0.2) is 12.1 Å². The number of carbonyl (C=O) groups is 2. The van der Waals surface area contributed by atoms with Crippen molar-refractivity contribution in [2.24, 2.45) is 0 Å². The zero-order valence-corrected chi connectivity index (χ0v) is 11.2. The van der Waals surface area contributed by atoms with Crippen molar-refractivity contribution >= 4 is 17.7 Å². The first-order valence-electron chi connectivity index (χ1n) is 6.21. The van der Waals surface area contributed by atoms with Crippen LogP contribution in [0.3, 0.4) is 0 Å². The number of H-pyrrole nitrogens is 1. The minimum Gasteiger partial charge on any atom is -0.477 e. The van der Waals surface area contributed by atoms with E-state index in [9.17, 15) is 9.59 Å². The first-order valence-corrected chi connectivity index (χ1v) is 6.21. The fraction of sp³-hybridized carbons (Fsp3) is 0.333.